The fourth-order valence-corrected chi connectivity index (χ4v) is 5.33. The highest BCUT2D eigenvalue weighted by molar-refractivity contribution is 7.98. The van der Waals surface area contributed by atoms with Crippen molar-refractivity contribution in [1.29, 1.82) is 0 Å². The Morgan fingerprint density at radius 1 is 1.03 bits per heavy atom. The first-order valence-electron chi connectivity index (χ1n) is 9.86. The lowest BCUT2D eigenvalue weighted by Gasteiger charge is -2.30. The Labute approximate surface area is 177 Å². The van der Waals surface area contributed by atoms with Crippen LogP contribution < -0.4 is 5.32 Å². The molecule has 1 aliphatic rings. The van der Waals surface area contributed by atoms with Gasteiger partial charge in [0.15, 0.2) is 0 Å². The van der Waals surface area contributed by atoms with Crippen LogP contribution in [0.15, 0.2) is 58.3 Å². The quantitative estimate of drug-likeness (QED) is 0.679. The van der Waals surface area contributed by atoms with Gasteiger partial charge in [-0.3, -0.25) is 4.79 Å². The lowest BCUT2D eigenvalue weighted by molar-refractivity contribution is -0.120. The highest BCUT2D eigenvalue weighted by atomic mass is 32.2. The Kier molecular flexibility index (Phi) is 7.03. The summed E-state index contributed by atoms with van der Waals surface area (Å²) in [6, 6.07) is 14.8. The molecule has 0 aliphatic carbocycles. The van der Waals surface area contributed by atoms with E-state index in [9.17, 15) is 13.2 Å². The standard InChI is InChI=1S/C22H28N2O3S2/c1-16(2)17-4-10-21(11-5-17)29(26,27)24-14-12-18(13-15-24)22(25)23-19-6-8-20(28-3)9-7-19/h4-11,16,18H,12-15H2,1-3H3,(H,23,25). The first-order chi connectivity index (χ1) is 13.8. The Hall–Kier alpha value is -1.83. The predicted molar refractivity (Wildman–Crippen MR) is 119 cm³/mol. The molecule has 0 aromatic heterocycles. The van der Waals surface area contributed by atoms with Gasteiger partial charge in [0.2, 0.25) is 15.9 Å². The fraction of sp³-hybridized carbons (Fsp3) is 0.409. The van der Waals surface area contributed by atoms with Crippen LogP contribution in [-0.2, 0) is 14.8 Å². The van der Waals surface area contributed by atoms with Crippen LogP contribution in [0.5, 0.6) is 0 Å². The number of carbonyl (C=O) groups excluding carboxylic acids is 1. The van der Waals surface area contributed by atoms with E-state index in [1.165, 1.54) is 4.31 Å². The maximum Gasteiger partial charge on any atom is 0.243 e. The normalized spacial score (nSPS) is 16.1. The summed E-state index contributed by atoms with van der Waals surface area (Å²) in [5.74, 6) is 0.142. The third-order valence-electron chi connectivity index (χ3n) is 5.37. The predicted octanol–water partition coefficient (Wildman–Crippen LogP) is 4.57. The molecule has 1 heterocycles. The first-order valence-corrected chi connectivity index (χ1v) is 12.5. The van der Waals surface area contributed by atoms with Crippen LogP contribution in [0.2, 0.25) is 0 Å². The number of anilines is 1. The number of hydrogen-bond acceptors (Lipinski definition) is 4. The topological polar surface area (TPSA) is 66.5 Å². The van der Waals surface area contributed by atoms with Crippen LogP contribution in [0, 0.1) is 5.92 Å². The summed E-state index contributed by atoms with van der Waals surface area (Å²) in [4.78, 5) is 14.0. The lowest BCUT2D eigenvalue weighted by Crippen LogP contribution is -2.41. The van der Waals surface area contributed by atoms with Gasteiger partial charge in [-0.15, -0.1) is 11.8 Å². The summed E-state index contributed by atoms with van der Waals surface area (Å²) >= 11 is 1.65. The molecule has 3 rings (SSSR count). The summed E-state index contributed by atoms with van der Waals surface area (Å²) in [5.41, 5.74) is 1.89. The number of nitrogens with one attached hydrogen (secondary N) is 1. The molecule has 1 N–H and O–H groups in total. The van der Waals surface area contributed by atoms with Gasteiger partial charge < -0.3 is 5.32 Å². The number of amides is 1. The second kappa shape index (κ2) is 9.32. The van der Waals surface area contributed by atoms with E-state index in [4.69, 9.17) is 0 Å². The van der Waals surface area contributed by atoms with Gasteiger partial charge in [0.05, 0.1) is 4.90 Å². The number of thioether (sulfide) groups is 1. The van der Waals surface area contributed by atoms with Gasteiger partial charge in [-0.1, -0.05) is 26.0 Å². The van der Waals surface area contributed by atoms with Gasteiger partial charge in [0.1, 0.15) is 0 Å². The van der Waals surface area contributed by atoms with Crippen LogP contribution in [0.25, 0.3) is 0 Å². The van der Waals surface area contributed by atoms with Gasteiger partial charge >= 0.3 is 0 Å². The van der Waals surface area contributed by atoms with Crippen LogP contribution in [-0.4, -0.2) is 38.0 Å². The van der Waals surface area contributed by atoms with Gasteiger partial charge in [0.25, 0.3) is 0 Å². The van der Waals surface area contributed by atoms with Crippen LogP contribution >= 0.6 is 11.8 Å². The summed E-state index contributed by atoms with van der Waals surface area (Å²) in [7, 11) is -3.52. The maximum atomic E-state index is 12.9. The molecule has 0 radical (unpaired) electrons. The minimum atomic E-state index is -3.52. The second-order valence-electron chi connectivity index (χ2n) is 7.62. The lowest BCUT2D eigenvalue weighted by atomic mass is 9.97. The Morgan fingerprint density at radius 2 is 1.62 bits per heavy atom. The zero-order valence-corrected chi connectivity index (χ0v) is 18.7. The molecule has 1 aliphatic heterocycles. The van der Waals surface area contributed by atoms with E-state index in [1.54, 1.807) is 23.9 Å². The Balaban J connectivity index is 1.59. The molecule has 0 bridgehead atoms. The third-order valence-corrected chi connectivity index (χ3v) is 8.02. The molecule has 7 heteroatoms. The molecule has 0 atom stereocenters. The molecule has 156 valence electrons. The summed E-state index contributed by atoms with van der Waals surface area (Å²) in [6.45, 7) is 4.88. The van der Waals surface area contributed by atoms with Crippen molar-refractivity contribution >= 4 is 33.4 Å². The molecular weight excluding hydrogens is 404 g/mol. The molecular formula is C22H28N2O3S2. The molecule has 1 fully saturated rings. The third kappa shape index (κ3) is 5.21. The van der Waals surface area contributed by atoms with Crippen molar-refractivity contribution in [2.45, 2.75) is 42.4 Å². The van der Waals surface area contributed by atoms with E-state index in [0.29, 0.717) is 36.7 Å². The van der Waals surface area contributed by atoms with E-state index in [2.05, 4.69) is 19.2 Å². The summed E-state index contributed by atoms with van der Waals surface area (Å²) in [6.07, 6.45) is 3.06. The van der Waals surface area contributed by atoms with Crippen molar-refractivity contribution in [3.8, 4) is 0 Å². The Morgan fingerprint density at radius 3 is 2.14 bits per heavy atom. The molecule has 1 amide bonds. The molecule has 2 aromatic carbocycles. The maximum absolute atomic E-state index is 12.9. The number of piperidine rings is 1. The van der Waals surface area contributed by atoms with E-state index in [0.717, 1.165) is 16.1 Å². The van der Waals surface area contributed by atoms with E-state index in [-0.39, 0.29) is 11.8 Å². The zero-order chi connectivity index (χ0) is 21.0. The average Bonchev–Trinajstić information content (AvgIpc) is 2.74. The largest absolute Gasteiger partial charge is 0.326 e. The summed E-state index contributed by atoms with van der Waals surface area (Å²) < 4.78 is 27.3. The van der Waals surface area contributed by atoms with Crippen LogP contribution in [0.4, 0.5) is 5.69 Å². The highest BCUT2D eigenvalue weighted by Crippen LogP contribution is 2.26. The number of rotatable bonds is 6. The monoisotopic (exact) mass is 432 g/mol. The van der Waals surface area contributed by atoms with E-state index in [1.807, 2.05) is 42.7 Å². The molecule has 5 nitrogen and oxygen atoms in total. The number of carbonyl (C=O) groups is 1. The minimum Gasteiger partial charge on any atom is -0.326 e. The minimum absolute atomic E-state index is 0.0414. The average molecular weight is 433 g/mol. The SMILES string of the molecule is CSc1ccc(NC(=O)C2CCN(S(=O)(=O)c3ccc(C(C)C)cc3)CC2)cc1. The van der Waals surface area contributed by atoms with Gasteiger partial charge in [-0.05, 0) is 67.0 Å². The second-order valence-corrected chi connectivity index (χ2v) is 10.4. The molecule has 0 unspecified atom stereocenters. The molecule has 2 aromatic rings. The van der Waals surface area contributed by atoms with E-state index < -0.39 is 10.0 Å². The van der Waals surface area contributed by atoms with Crippen molar-refractivity contribution in [2.75, 3.05) is 24.7 Å². The first kappa shape index (κ1) is 21.9. The number of hydrogen-bond donors (Lipinski definition) is 1. The van der Waals surface area contributed by atoms with Gasteiger partial charge in [-0.25, -0.2) is 8.42 Å². The molecule has 29 heavy (non-hydrogen) atoms. The number of sulfonamides is 1. The smallest absolute Gasteiger partial charge is 0.243 e. The van der Waals surface area contributed by atoms with E-state index >= 15 is 0 Å². The van der Waals surface area contributed by atoms with Gasteiger partial charge in [-0.2, -0.15) is 4.31 Å². The zero-order valence-electron chi connectivity index (χ0n) is 17.1. The molecule has 0 spiro atoms. The Bertz CT molecular complexity index is 931. The van der Waals surface area contributed by atoms with Gasteiger partial charge in [0, 0.05) is 29.6 Å². The number of nitrogens with zero attached hydrogens (tertiary/aromatic N) is 1. The molecule has 0 saturated carbocycles. The molecule has 1 saturated heterocycles. The van der Waals surface area contributed by atoms with Crippen LogP contribution in [0.1, 0.15) is 38.2 Å². The van der Waals surface area contributed by atoms with Crippen molar-refractivity contribution in [3.05, 3.63) is 54.1 Å². The van der Waals surface area contributed by atoms with Crippen molar-refractivity contribution in [2.24, 2.45) is 5.92 Å². The van der Waals surface area contributed by atoms with Crippen molar-refractivity contribution in [3.63, 3.8) is 0 Å². The fourth-order valence-electron chi connectivity index (χ4n) is 3.45. The van der Waals surface area contributed by atoms with Crippen molar-refractivity contribution < 1.29 is 13.2 Å². The highest BCUT2D eigenvalue weighted by Gasteiger charge is 2.32. The van der Waals surface area contributed by atoms with Crippen molar-refractivity contribution in [1.82, 2.24) is 4.31 Å². The number of benzene rings is 2. The van der Waals surface area contributed by atoms with Crippen LogP contribution in [0.3, 0.4) is 0 Å². The summed E-state index contributed by atoms with van der Waals surface area (Å²) in [5, 5.41) is 2.95.